The van der Waals surface area contributed by atoms with Gasteiger partial charge in [0, 0.05) is 48.8 Å². The zero-order valence-electron chi connectivity index (χ0n) is 19.5. The van der Waals surface area contributed by atoms with Crippen molar-refractivity contribution in [1.29, 1.82) is 0 Å². The van der Waals surface area contributed by atoms with Crippen LogP contribution < -0.4 is 0 Å². The summed E-state index contributed by atoms with van der Waals surface area (Å²) in [6, 6.07) is 4.22. The number of fused-ring (bicyclic) bond motifs is 1. The monoisotopic (exact) mass is 449 g/mol. The summed E-state index contributed by atoms with van der Waals surface area (Å²) in [5, 5.41) is 9.13. The number of ether oxygens (including phenoxy) is 2. The SMILES string of the molecule is CC(C)(C)OC(=O)N1CC=C(c2cnn3cc(-c4cnn([C@H]5CCCCO5)c4)ccc23)CC1. The molecule has 5 rings (SSSR count). The van der Waals surface area contributed by atoms with Crippen LogP contribution in [0.1, 0.15) is 58.2 Å². The Bertz CT molecular complexity index is 1180. The molecular weight excluding hydrogens is 418 g/mol. The maximum atomic E-state index is 12.3. The molecule has 0 aliphatic carbocycles. The van der Waals surface area contributed by atoms with Crippen LogP contribution in [0.3, 0.4) is 0 Å². The van der Waals surface area contributed by atoms with Crippen molar-refractivity contribution in [3.8, 4) is 11.1 Å². The van der Waals surface area contributed by atoms with E-state index in [1.165, 1.54) is 12.0 Å². The number of hydrogen-bond donors (Lipinski definition) is 0. The minimum absolute atomic E-state index is 0.0334. The highest BCUT2D eigenvalue weighted by molar-refractivity contribution is 5.81. The summed E-state index contributed by atoms with van der Waals surface area (Å²) in [5.74, 6) is 0. The fraction of sp³-hybridized carbons (Fsp3) is 0.480. The molecule has 1 atom stereocenters. The summed E-state index contributed by atoms with van der Waals surface area (Å²) >= 11 is 0. The molecule has 1 amide bonds. The average Bonchev–Trinajstić information content (AvgIpc) is 3.46. The normalized spacial score (nSPS) is 19.5. The molecule has 174 valence electrons. The van der Waals surface area contributed by atoms with E-state index in [9.17, 15) is 4.79 Å². The van der Waals surface area contributed by atoms with E-state index in [1.807, 2.05) is 48.6 Å². The van der Waals surface area contributed by atoms with Crippen LogP contribution in [0.15, 0.2) is 43.0 Å². The van der Waals surface area contributed by atoms with Crippen LogP contribution in [-0.4, -0.2) is 55.7 Å². The van der Waals surface area contributed by atoms with Crippen molar-refractivity contribution >= 4 is 17.2 Å². The molecule has 2 aliphatic rings. The second kappa shape index (κ2) is 8.67. The van der Waals surface area contributed by atoms with Crippen LogP contribution in [0.4, 0.5) is 4.79 Å². The van der Waals surface area contributed by atoms with Crippen LogP contribution in [-0.2, 0) is 9.47 Å². The number of nitrogens with zero attached hydrogens (tertiary/aromatic N) is 5. The van der Waals surface area contributed by atoms with E-state index in [0.29, 0.717) is 13.1 Å². The summed E-state index contributed by atoms with van der Waals surface area (Å²) in [5.41, 5.74) is 5.00. The Kier molecular flexibility index (Phi) is 5.70. The van der Waals surface area contributed by atoms with Gasteiger partial charge >= 0.3 is 6.09 Å². The van der Waals surface area contributed by atoms with E-state index >= 15 is 0 Å². The Morgan fingerprint density at radius 3 is 2.73 bits per heavy atom. The molecule has 5 heterocycles. The molecule has 0 N–H and O–H groups in total. The zero-order chi connectivity index (χ0) is 23.0. The lowest BCUT2D eigenvalue weighted by Gasteiger charge is -2.29. The molecule has 1 saturated heterocycles. The van der Waals surface area contributed by atoms with Gasteiger partial charge in [0.1, 0.15) is 11.8 Å². The molecule has 3 aromatic rings. The molecule has 8 heteroatoms. The Morgan fingerprint density at radius 1 is 1.12 bits per heavy atom. The Labute approximate surface area is 193 Å². The molecule has 0 spiro atoms. The van der Waals surface area contributed by atoms with Crippen LogP contribution in [0, 0.1) is 0 Å². The lowest BCUT2D eigenvalue weighted by molar-refractivity contribution is -0.0394. The van der Waals surface area contributed by atoms with Crippen molar-refractivity contribution in [1.82, 2.24) is 24.3 Å². The van der Waals surface area contributed by atoms with Crippen molar-refractivity contribution in [3.63, 3.8) is 0 Å². The first-order valence-electron chi connectivity index (χ1n) is 11.7. The smallest absolute Gasteiger partial charge is 0.410 e. The number of hydrogen-bond acceptors (Lipinski definition) is 5. The number of amides is 1. The maximum Gasteiger partial charge on any atom is 0.410 e. The molecule has 0 radical (unpaired) electrons. The van der Waals surface area contributed by atoms with E-state index in [1.54, 1.807) is 4.90 Å². The number of rotatable bonds is 3. The van der Waals surface area contributed by atoms with Gasteiger partial charge in [0.15, 0.2) is 0 Å². The Balaban J connectivity index is 1.32. The van der Waals surface area contributed by atoms with Gasteiger partial charge in [-0.25, -0.2) is 14.0 Å². The average molecular weight is 450 g/mol. The van der Waals surface area contributed by atoms with Crippen molar-refractivity contribution in [2.24, 2.45) is 0 Å². The van der Waals surface area contributed by atoms with E-state index in [4.69, 9.17) is 9.47 Å². The highest BCUT2D eigenvalue weighted by Gasteiger charge is 2.25. The molecule has 2 aliphatic heterocycles. The van der Waals surface area contributed by atoms with Gasteiger partial charge in [-0.3, -0.25) is 0 Å². The molecular formula is C25H31N5O3. The number of aromatic nitrogens is 4. The third-order valence-corrected chi connectivity index (χ3v) is 6.11. The molecule has 8 nitrogen and oxygen atoms in total. The number of carbonyl (C=O) groups excluding carboxylic acids is 1. The van der Waals surface area contributed by atoms with Crippen LogP contribution in [0.5, 0.6) is 0 Å². The standard InChI is InChI=1S/C25H31N5O3/c1-25(2,3)33-24(31)28-11-9-18(10-12-28)21-15-27-29-16-19(7-8-22(21)29)20-14-26-30(17-20)23-6-4-5-13-32-23/h7-9,14-17,23H,4-6,10-13H2,1-3H3/t23-/m1/s1. The zero-order valence-corrected chi connectivity index (χ0v) is 19.5. The summed E-state index contributed by atoms with van der Waals surface area (Å²) < 4.78 is 15.2. The van der Waals surface area contributed by atoms with E-state index in [-0.39, 0.29) is 12.3 Å². The lowest BCUT2D eigenvalue weighted by Crippen LogP contribution is -2.39. The van der Waals surface area contributed by atoms with Gasteiger partial charge in [0.25, 0.3) is 0 Å². The van der Waals surface area contributed by atoms with E-state index in [2.05, 4.69) is 34.6 Å². The predicted molar refractivity (Wildman–Crippen MR) is 126 cm³/mol. The van der Waals surface area contributed by atoms with E-state index in [0.717, 1.165) is 48.1 Å². The Morgan fingerprint density at radius 2 is 2.00 bits per heavy atom. The maximum absolute atomic E-state index is 12.3. The third kappa shape index (κ3) is 4.66. The first kappa shape index (κ1) is 21.7. The van der Waals surface area contributed by atoms with Crippen molar-refractivity contribution in [2.75, 3.05) is 19.7 Å². The van der Waals surface area contributed by atoms with Crippen molar-refractivity contribution in [3.05, 3.63) is 48.6 Å². The molecule has 0 aromatic carbocycles. The highest BCUT2D eigenvalue weighted by Crippen LogP contribution is 2.29. The van der Waals surface area contributed by atoms with Gasteiger partial charge in [0.2, 0.25) is 0 Å². The summed E-state index contributed by atoms with van der Waals surface area (Å²) in [6.45, 7) is 7.64. The summed E-state index contributed by atoms with van der Waals surface area (Å²) in [7, 11) is 0. The lowest BCUT2D eigenvalue weighted by atomic mass is 10.0. The topological polar surface area (TPSA) is 73.9 Å². The van der Waals surface area contributed by atoms with Gasteiger partial charge in [-0.2, -0.15) is 10.2 Å². The largest absolute Gasteiger partial charge is 0.444 e. The minimum Gasteiger partial charge on any atom is -0.444 e. The Hall–Kier alpha value is -3.13. The van der Waals surface area contributed by atoms with Gasteiger partial charge < -0.3 is 14.4 Å². The van der Waals surface area contributed by atoms with Crippen molar-refractivity contribution in [2.45, 2.75) is 58.3 Å². The second-order valence-electron chi connectivity index (χ2n) is 9.74. The molecule has 3 aromatic heterocycles. The first-order valence-corrected chi connectivity index (χ1v) is 11.7. The molecule has 33 heavy (non-hydrogen) atoms. The summed E-state index contributed by atoms with van der Waals surface area (Å²) in [4.78, 5) is 14.1. The quantitative estimate of drug-likeness (QED) is 0.567. The second-order valence-corrected chi connectivity index (χ2v) is 9.74. The fourth-order valence-electron chi connectivity index (χ4n) is 4.39. The molecule has 0 bridgehead atoms. The van der Waals surface area contributed by atoms with Crippen LogP contribution in [0.2, 0.25) is 0 Å². The van der Waals surface area contributed by atoms with Gasteiger partial charge in [-0.15, -0.1) is 0 Å². The first-order chi connectivity index (χ1) is 15.9. The van der Waals surface area contributed by atoms with E-state index < -0.39 is 5.60 Å². The molecule has 0 saturated carbocycles. The summed E-state index contributed by atoms with van der Waals surface area (Å²) in [6.07, 6.45) is 13.8. The highest BCUT2D eigenvalue weighted by atomic mass is 16.6. The molecule has 1 fully saturated rings. The predicted octanol–water partition coefficient (Wildman–Crippen LogP) is 4.92. The third-order valence-electron chi connectivity index (χ3n) is 6.11. The van der Waals surface area contributed by atoms with Gasteiger partial charge in [-0.05, 0) is 58.1 Å². The van der Waals surface area contributed by atoms with Crippen LogP contribution >= 0.6 is 0 Å². The number of carbonyl (C=O) groups is 1. The minimum atomic E-state index is -0.485. The molecule has 0 unspecified atom stereocenters. The fourth-order valence-corrected chi connectivity index (χ4v) is 4.39. The van der Waals surface area contributed by atoms with Crippen molar-refractivity contribution < 1.29 is 14.3 Å². The number of pyridine rings is 1. The van der Waals surface area contributed by atoms with Gasteiger partial charge in [-0.1, -0.05) is 12.1 Å². The van der Waals surface area contributed by atoms with Gasteiger partial charge in [0.05, 0.1) is 17.9 Å². The van der Waals surface area contributed by atoms with Crippen LogP contribution in [0.25, 0.3) is 22.2 Å².